The van der Waals surface area contributed by atoms with Crippen LogP contribution in [0.2, 0.25) is 0 Å². The lowest BCUT2D eigenvalue weighted by molar-refractivity contribution is -0.121. The fourth-order valence-electron chi connectivity index (χ4n) is 2.51. The van der Waals surface area contributed by atoms with Crippen molar-refractivity contribution in [2.45, 2.75) is 25.8 Å². The minimum absolute atomic E-state index is 0.0818. The van der Waals surface area contributed by atoms with Crippen LogP contribution in [-0.2, 0) is 16.0 Å². The van der Waals surface area contributed by atoms with Crippen molar-refractivity contribution in [3.05, 3.63) is 29.8 Å². The molecule has 1 aromatic rings. The second kappa shape index (κ2) is 8.00. The van der Waals surface area contributed by atoms with Crippen molar-refractivity contribution < 1.29 is 9.53 Å². The molecule has 1 atom stereocenters. The maximum absolute atomic E-state index is 11.9. The van der Waals surface area contributed by atoms with E-state index >= 15 is 0 Å². The monoisotopic (exact) mass is 291 g/mol. The van der Waals surface area contributed by atoms with E-state index in [-0.39, 0.29) is 5.91 Å². The van der Waals surface area contributed by atoms with Gasteiger partial charge in [-0.2, -0.15) is 0 Å². The molecule has 0 aromatic heterocycles. The molecule has 1 amide bonds. The lowest BCUT2D eigenvalue weighted by atomic mass is 10.1. The number of nitrogen functional groups attached to an aromatic ring is 1. The Balaban J connectivity index is 1.68. The van der Waals surface area contributed by atoms with E-state index in [0.717, 1.165) is 37.6 Å². The molecule has 1 heterocycles. The molecule has 0 aliphatic carbocycles. The lowest BCUT2D eigenvalue weighted by Gasteiger charge is -2.32. The van der Waals surface area contributed by atoms with Crippen molar-refractivity contribution in [2.24, 2.45) is 0 Å². The molecule has 0 saturated carbocycles. The van der Waals surface area contributed by atoms with Crippen molar-refractivity contribution >= 4 is 11.6 Å². The topological polar surface area (TPSA) is 67.6 Å². The van der Waals surface area contributed by atoms with E-state index in [1.165, 1.54) is 0 Å². The Labute approximate surface area is 126 Å². The molecular formula is C16H25N3O2. The first-order valence-corrected chi connectivity index (χ1v) is 7.58. The number of anilines is 1. The number of carbonyl (C=O) groups excluding carboxylic acids is 1. The highest BCUT2D eigenvalue weighted by Gasteiger charge is 2.17. The van der Waals surface area contributed by atoms with Crippen molar-refractivity contribution in [3.63, 3.8) is 0 Å². The van der Waals surface area contributed by atoms with E-state index in [9.17, 15) is 4.79 Å². The highest BCUT2D eigenvalue weighted by molar-refractivity contribution is 5.76. The smallest absolute Gasteiger partial charge is 0.220 e. The SMILES string of the molecule is CC(CNC(=O)CCc1ccccc1N)N1CCOCC1. The van der Waals surface area contributed by atoms with Crippen LogP contribution >= 0.6 is 0 Å². The van der Waals surface area contributed by atoms with Crippen LogP contribution in [0.25, 0.3) is 0 Å². The van der Waals surface area contributed by atoms with Gasteiger partial charge in [0.15, 0.2) is 0 Å². The number of aryl methyl sites for hydroxylation is 1. The predicted octanol–water partition coefficient (Wildman–Crippen LogP) is 1.04. The van der Waals surface area contributed by atoms with E-state index in [1.54, 1.807) is 0 Å². The second-order valence-corrected chi connectivity index (χ2v) is 5.50. The Kier molecular flexibility index (Phi) is 6.02. The molecule has 0 radical (unpaired) electrons. The summed E-state index contributed by atoms with van der Waals surface area (Å²) in [6.07, 6.45) is 1.16. The zero-order valence-electron chi connectivity index (χ0n) is 12.7. The number of carbonyl (C=O) groups is 1. The molecule has 1 saturated heterocycles. The van der Waals surface area contributed by atoms with Gasteiger partial charge < -0.3 is 15.8 Å². The average molecular weight is 291 g/mol. The summed E-state index contributed by atoms with van der Waals surface area (Å²) in [5.74, 6) is 0.0818. The summed E-state index contributed by atoms with van der Waals surface area (Å²) in [7, 11) is 0. The molecule has 1 aliphatic rings. The van der Waals surface area contributed by atoms with Crippen molar-refractivity contribution in [1.82, 2.24) is 10.2 Å². The predicted molar refractivity (Wildman–Crippen MR) is 84.0 cm³/mol. The Morgan fingerprint density at radius 3 is 2.81 bits per heavy atom. The number of hydrogen-bond donors (Lipinski definition) is 2. The third kappa shape index (κ3) is 5.02. The number of nitrogens with zero attached hydrogens (tertiary/aromatic N) is 1. The highest BCUT2D eigenvalue weighted by atomic mass is 16.5. The molecule has 1 aliphatic heterocycles. The van der Waals surface area contributed by atoms with Gasteiger partial charge in [-0.1, -0.05) is 18.2 Å². The van der Waals surface area contributed by atoms with E-state index < -0.39 is 0 Å². The van der Waals surface area contributed by atoms with E-state index in [2.05, 4.69) is 17.1 Å². The van der Waals surface area contributed by atoms with E-state index in [1.807, 2.05) is 24.3 Å². The maximum Gasteiger partial charge on any atom is 0.220 e. The van der Waals surface area contributed by atoms with Gasteiger partial charge in [0.25, 0.3) is 0 Å². The van der Waals surface area contributed by atoms with Gasteiger partial charge in [-0.05, 0) is 25.0 Å². The summed E-state index contributed by atoms with van der Waals surface area (Å²) >= 11 is 0. The number of nitrogens with two attached hydrogens (primary N) is 1. The second-order valence-electron chi connectivity index (χ2n) is 5.50. The van der Waals surface area contributed by atoms with Gasteiger partial charge in [0, 0.05) is 37.8 Å². The molecule has 1 fully saturated rings. The minimum atomic E-state index is 0.0818. The number of benzene rings is 1. The Bertz CT molecular complexity index is 459. The normalized spacial score (nSPS) is 17.4. The number of rotatable bonds is 6. The summed E-state index contributed by atoms with van der Waals surface area (Å²) in [6.45, 7) is 6.27. The summed E-state index contributed by atoms with van der Waals surface area (Å²) < 4.78 is 5.33. The first kappa shape index (κ1) is 15.8. The number of para-hydroxylation sites is 1. The number of nitrogens with one attached hydrogen (secondary N) is 1. The third-order valence-electron chi connectivity index (χ3n) is 3.94. The van der Waals surface area contributed by atoms with Crippen molar-refractivity contribution in [1.29, 1.82) is 0 Å². The van der Waals surface area contributed by atoms with Crippen LogP contribution in [0.1, 0.15) is 18.9 Å². The van der Waals surface area contributed by atoms with Crippen LogP contribution in [0.5, 0.6) is 0 Å². The largest absolute Gasteiger partial charge is 0.399 e. The van der Waals surface area contributed by atoms with Gasteiger partial charge in [0.05, 0.1) is 13.2 Å². The molecule has 21 heavy (non-hydrogen) atoms. The maximum atomic E-state index is 11.9. The highest BCUT2D eigenvalue weighted by Crippen LogP contribution is 2.12. The zero-order chi connectivity index (χ0) is 15.1. The first-order chi connectivity index (χ1) is 10.2. The summed E-state index contributed by atoms with van der Waals surface area (Å²) in [5, 5.41) is 3.01. The quantitative estimate of drug-likeness (QED) is 0.769. The fourth-order valence-corrected chi connectivity index (χ4v) is 2.51. The molecule has 5 nitrogen and oxygen atoms in total. The molecule has 3 N–H and O–H groups in total. The molecule has 2 rings (SSSR count). The van der Waals surface area contributed by atoms with Gasteiger partial charge in [0.2, 0.25) is 5.91 Å². The summed E-state index contributed by atoms with van der Waals surface area (Å²) in [4.78, 5) is 14.3. The molecule has 0 bridgehead atoms. The Hall–Kier alpha value is -1.59. The van der Waals surface area contributed by atoms with Gasteiger partial charge in [-0.3, -0.25) is 9.69 Å². The molecular weight excluding hydrogens is 266 g/mol. The summed E-state index contributed by atoms with van der Waals surface area (Å²) in [5.41, 5.74) is 7.67. The van der Waals surface area contributed by atoms with Gasteiger partial charge in [-0.25, -0.2) is 0 Å². The number of amides is 1. The zero-order valence-corrected chi connectivity index (χ0v) is 12.7. The van der Waals surface area contributed by atoms with Crippen LogP contribution in [0, 0.1) is 0 Å². The van der Waals surface area contributed by atoms with Crippen LogP contribution < -0.4 is 11.1 Å². The number of hydrogen-bond acceptors (Lipinski definition) is 4. The molecule has 116 valence electrons. The van der Waals surface area contributed by atoms with Gasteiger partial charge >= 0.3 is 0 Å². The third-order valence-corrected chi connectivity index (χ3v) is 3.94. The van der Waals surface area contributed by atoms with Gasteiger partial charge in [-0.15, -0.1) is 0 Å². The average Bonchev–Trinajstić information content (AvgIpc) is 2.52. The van der Waals surface area contributed by atoms with Crippen molar-refractivity contribution in [2.75, 3.05) is 38.6 Å². The first-order valence-electron chi connectivity index (χ1n) is 7.58. The molecule has 5 heteroatoms. The molecule has 0 spiro atoms. The van der Waals surface area contributed by atoms with Crippen LogP contribution in [0.3, 0.4) is 0 Å². The Morgan fingerprint density at radius 1 is 1.38 bits per heavy atom. The standard InChI is InChI=1S/C16H25N3O2/c1-13(19-8-10-21-11-9-19)12-18-16(20)7-6-14-4-2-3-5-15(14)17/h2-5,13H,6-12,17H2,1H3,(H,18,20). The van der Waals surface area contributed by atoms with Crippen LogP contribution in [0.4, 0.5) is 5.69 Å². The number of ether oxygens (including phenoxy) is 1. The molecule has 1 unspecified atom stereocenters. The lowest BCUT2D eigenvalue weighted by Crippen LogP contribution is -2.47. The fraction of sp³-hybridized carbons (Fsp3) is 0.562. The Morgan fingerprint density at radius 2 is 2.10 bits per heavy atom. The minimum Gasteiger partial charge on any atom is -0.399 e. The van der Waals surface area contributed by atoms with Gasteiger partial charge in [0.1, 0.15) is 0 Å². The van der Waals surface area contributed by atoms with Crippen molar-refractivity contribution in [3.8, 4) is 0 Å². The molecule has 1 aromatic carbocycles. The van der Waals surface area contributed by atoms with E-state index in [0.29, 0.717) is 25.4 Å². The van der Waals surface area contributed by atoms with Crippen LogP contribution in [-0.4, -0.2) is 49.7 Å². The summed E-state index contributed by atoms with van der Waals surface area (Å²) in [6, 6.07) is 8.04. The van der Waals surface area contributed by atoms with E-state index in [4.69, 9.17) is 10.5 Å². The number of morpholine rings is 1. The van der Waals surface area contributed by atoms with Crippen LogP contribution in [0.15, 0.2) is 24.3 Å².